The van der Waals surface area contributed by atoms with Gasteiger partial charge in [0.05, 0.1) is 6.04 Å². The van der Waals surface area contributed by atoms with Crippen LogP contribution in [0.2, 0.25) is 0 Å². The number of carbonyl (C=O) groups excluding carboxylic acids is 2. The Morgan fingerprint density at radius 2 is 2.19 bits per heavy atom. The van der Waals surface area contributed by atoms with E-state index in [-0.39, 0.29) is 35.5 Å². The molecule has 2 fully saturated rings. The zero-order valence-electron chi connectivity index (χ0n) is 14.4. The summed E-state index contributed by atoms with van der Waals surface area (Å²) in [5.74, 6) is -0.974. The number of nitrogens with zero attached hydrogens (tertiary/aromatic N) is 3. The van der Waals surface area contributed by atoms with E-state index in [9.17, 15) is 18.4 Å². The van der Waals surface area contributed by atoms with Crippen molar-refractivity contribution >= 4 is 17.8 Å². The molecule has 0 aliphatic carbocycles. The van der Waals surface area contributed by atoms with Crippen LogP contribution in [0.25, 0.3) is 5.69 Å². The second kappa shape index (κ2) is 6.98. The summed E-state index contributed by atoms with van der Waals surface area (Å²) in [7, 11) is 0. The fourth-order valence-electron chi connectivity index (χ4n) is 3.61. The molecule has 3 heterocycles. The van der Waals surface area contributed by atoms with Gasteiger partial charge in [0, 0.05) is 31.3 Å². The Morgan fingerprint density at radius 3 is 3.04 bits per heavy atom. The van der Waals surface area contributed by atoms with Crippen LogP contribution in [0.1, 0.15) is 19.3 Å². The molecule has 2 aromatic rings. The molecule has 7 nitrogen and oxygen atoms in total. The molecule has 0 spiro atoms. The Kier molecular flexibility index (Phi) is 4.51. The van der Waals surface area contributed by atoms with E-state index >= 15 is 0 Å². The first-order valence-corrected chi connectivity index (χ1v) is 8.74. The molecule has 142 valence electrons. The summed E-state index contributed by atoms with van der Waals surface area (Å²) in [4.78, 5) is 25.5. The van der Waals surface area contributed by atoms with Gasteiger partial charge in [-0.1, -0.05) is 0 Å². The highest BCUT2D eigenvalue weighted by Gasteiger charge is 2.38. The Bertz CT molecular complexity index is 885. The van der Waals surface area contributed by atoms with Crippen LogP contribution in [-0.2, 0) is 9.53 Å². The first-order chi connectivity index (χ1) is 13.0. The molecule has 0 saturated carbocycles. The average Bonchev–Trinajstić information content (AvgIpc) is 3.24. The maximum absolute atomic E-state index is 13.8. The van der Waals surface area contributed by atoms with Crippen LogP contribution in [0.5, 0.6) is 0 Å². The van der Waals surface area contributed by atoms with Crippen molar-refractivity contribution in [1.82, 2.24) is 14.7 Å². The number of hydrogen-bond acceptors (Lipinski definition) is 4. The van der Waals surface area contributed by atoms with Crippen LogP contribution in [-0.4, -0.2) is 45.9 Å². The smallest absolute Gasteiger partial charge is 0.410 e. The van der Waals surface area contributed by atoms with Crippen molar-refractivity contribution in [1.29, 1.82) is 0 Å². The number of anilines is 1. The number of halogens is 2. The van der Waals surface area contributed by atoms with Gasteiger partial charge in [-0.05, 0) is 30.9 Å². The summed E-state index contributed by atoms with van der Waals surface area (Å²) in [5, 5.41) is 6.77. The van der Waals surface area contributed by atoms with Crippen LogP contribution in [0.3, 0.4) is 0 Å². The van der Waals surface area contributed by atoms with Crippen LogP contribution in [0, 0.1) is 17.6 Å². The highest BCUT2D eigenvalue weighted by molar-refractivity contribution is 5.89. The zero-order valence-corrected chi connectivity index (χ0v) is 14.4. The number of rotatable bonds is 4. The van der Waals surface area contributed by atoms with Gasteiger partial charge in [0.25, 0.3) is 0 Å². The van der Waals surface area contributed by atoms with Crippen molar-refractivity contribution in [2.75, 3.05) is 18.5 Å². The van der Waals surface area contributed by atoms with Crippen LogP contribution < -0.4 is 5.32 Å². The quantitative estimate of drug-likeness (QED) is 0.890. The van der Waals surface area contributed by atoms with Crippen molar-refractivity contribution in [3.05, 3.63) is 42.1 Å². The van der Waals surface area contributed by atoms with Crippen LogP contribution >= 0.6 is 0 Å². The first-order valence-electron chi connectivity index (χ1n) is 8.74. The van der Waals surface area contributed by atoms with E-state index in [1.165, 1.54) is 16.9 Å². The van der Waals surface area contributed by atoms with Gasteiger partial charge in [0.2, 0.25) is 5.91 Å². The number of piperidine rings is 1. The normalized spacial score (nSPS) is 21.7. The molecule has 2 aliphatic rings. The molecule has 0 bridgehead atoms. The van der Waals surface area contributed by atoms with Gasteiger partial charge >= 0.3 is 6.09 Å². The van der Waals surface area contributed by atoms with Gasteiger partial charge < -0.3 is 15.0 Å². The number of aromatic nitrogens is 2. The Morgan fingerprint density at radius 1 is 1.33 bits per heavy atom. The lowest BCUT2D eigenvalue weighted by Gasteiger charge is -2.31. The fourth-order valence-corrected chi connectivity index (χ4v) is 3.61. The number of benzene rings is 1. The van der Waals surface area contributed by atoms with Gasteiger partial charge in [-0.2, -0.15) is 0 Å². The molecule has 27 heavy (non-hydrogen) atoms. The third-order valence-corrected chi connectivity index (χ3v) is 4.94. The summed E-state index contributed by atoms with van der Waals surface area (Å²) >= 11 is 0. The number of nitrogens with one attached hydrogen (secondary N) is 1. The third kappa shape index (κ3) is 3.62. The summed E-state index contributed by atoms with van der Waals surface area (Å²) in [6.45, 7) is 0.968. The van der Waals surface area contributed by atoms with Crippen molar-refractivity contribution in [2.45, 2.75) is 25.3 Å². The lowest BCUT2D eigenvalue weighted by molar-refractivity contribution is -0.117. The molecular weight excluding hydrogens is 358 g/mol. The summed E-state index contributed by atoms with van der Waals surface area (Å²) in [6, 6.07) is 4.65. The summed E-state index contributed by atoms with van der Waals surface area (Å²) in [6.07, 6.45) is 2.94. The van der Waals surface area contributed by atoms with Gasteiger partial charge in [0.15, 0.2) is 5.82 Å². The van der Waals surface area contributed by atoms with Crippen LogP contribution in [0.15, 0.2) is 30.5 Å². The minimum absolute atomic E-state index is 0.0335. The van der Waals surface area contributed by atoms with E-state index in [4.69, 9.17) is 4.74 Å². The topological polar surface area (TPSA) is 76.5 Å². The standard InChI is InChI=1S/C18H18F2N4O3/c19-12-1-2-14(20)15(9-12)24-6-4-16(22-24)21-17(25)8-11-3-5-23-13(7-11)10-27-18(23)26/h1-2,4,6,9,11,13H,3,5,7-8,10H2,(H,21,22,25)/t11-,13?/m0/s1. The molecule has 2 saturated heterocycles. The largest absolute Gasteiger partial charge is 0.447 e. The number of fused-ring (bicyclic) bond motifs is 1. The van der Waals surface area contributed by atoms with E-state index in [0.29, 0.717) is 19.6 Å². The Labute approximate surface area is 153 Å². The number of carbonyl (C=O) groups is 2. The van der Waals surface area contributed by atoms with Crippen molar-refractivity contribution in [3.8, 4) is 5.69 Å². The van der Waals surface area contributed by atoms with E-state index in [1.807, 2.05) is 0 Å². The van der Waals surface area contributed by atoms with E-state index < -0.39 is 11.6 Å². The molecule has 1 N–H and O–H groups in total. The number of ether oxygens (including phenoxy) is 1. The molecule has 1 aromatic carbocycles. The second-order valence-corrected chi connectivity index (χ2v) is 6.81. The predicted molar refractivity (Wildman–Crippen MR) is 91.3 cm³/mol. The van der Waals surface area contributed by atoms with Crippen LogP contribution in [0.4, 0.5) is 19.4 Å². The number of cyclic esters (lactones) is 1. The minimum atomic E-state index is -0.613. The van der Waals surface area contributed by atoms with E-state index in [0.717, 1.165) is 31.0 Å². The van der Waals surface area contributed by atoms with E-state index in [1.54, 1.807) is 4.90 Å². The highest BCUT2D eigenvalue weighted by atomic mass is 19.1. The van der Waals surface area contributed by atoms with Crippen molar-refractivity contribution < 1.29 is 23.1 Å². The number of hydrogen-bond donors (Lipinski definition) is 1. The summed E-state index contributed by atoms with van der Waals surface area (Å²) in [5.41, 5.74) is -0.0335. The predicted octanol–water partition coefficient (Wildman–Crippen LogP) is 2.71. The second-order valence-electron chi connectivity index (χ2n) is 6.81. The van der Waals surface area contributed by atoms with Gasteiger partial charge in [-0.15, -0.1) is 5.10 Å². The zero-order chi connectivity index (χ0) is 19.0. The molecular formula is C18H18F2N4O3. The van der Waals surface area contributed by atoms with Crippen molar-refractivity contribution in [2.24, 2.45) is 5.92 Å². The molecule has 1 unspecified atom stereocenters. The SMILES string of the molecule is O=C(C[C@H]1CCN2C(=O)OCC2C1)Nc1ccn(-c2cc(F)ccc2F)n1. The average molecular weight is 376 g/mol. The summed E-state index contributed by atoms with van der Waals surface area (Å²) < 4.78 is 33.3. The van der Waals surface area contributed by atoms with Gasteiger partial charge in [0.1, 0.15) is 23.9 Å². The third-order valence-electron chi connectivity index (χ3n) is 4.94. The molecule has 1 aromatic heterocycles. The Hall–Kier alpha value is -2.97. The highest BCUT2D eigenvalue weighted by Crippen LogP contribution is 2.29. The fraction of sp³-hybridized carbons (Fsp3) is 0.389. The molecule has 9 heteroatoms. The van der Waals surface area contributed by atoms with Gasteiger partial charge in [-0.25, -0.2) is 18.3 Å². The molecule has 0 radical (unpaired) electrons. The maximum Gasteiger partial charge on any atom is 0.410 e. The van der Waals surface area contributed by atoms with E-state index in [2.05, 4.69) is 10.4 Å². The number of amides is 2. The van der Waals surface area contributed by atoms with Crippen molar-refractivity contribution in [3.63, 3.8) is 0 Å². The first kappa shape index (κ1) is 17.4. The maximum atomic E-state index is 13.8. The lowest BCUT2D eigenvalue weighted by atomic mass is 9.89. The van der Waals surface area contributed by atoms with Gasteiger partial charge in [-0.3, -0.25) is 4.79 Å². The molecule has 2 aliphatic heterocycles. The molecule has 4 rings (SSSR count). The monoisotopic (exact) mass is 376 g/mol. The lowest BCUT2D eigenvalue weighted by Crippen LogP contribution is -2.41. The molecule has 2 atom stereocenters. The molecule has 2 amide bonds. The Balaban J connectivity index is 1.36. The minimum Gasteiger partial charge on any atom is -0.447 e.